The summed E-state index contributed by atoms with van der Waals surface area (Å²) in [5.74, 6) is -0.000917. The number of carbonyl (C=O) groups is 1. The number of nitrogens with two attached hydrogens (primary N) is 1. The van der Waals surface area contributed by atoms with Crippen LogP contribution in [0.5, 0.6) is 0 Å². The predicted molar refractivity (Wildman–Crippen MR) is 79.0 cm³/mol. The first-order chi connectivity index (χ1) is 10.7. The Balaban J connectivity index is 1.66. The second kappa shape index (κ2) is 6.31. The summed E-state index contributed by atoms with van der Waals surface area (Å²) >= 11 is 0. The molecule has 1 aliphatic carbocycles. The largest absolute Gasteiger partial charge is 0.441 e. The van der Waals surface area contributed by atoms with Crippen LogP contribution in [-0.2, 0) is 0 Å². The molecule has 2 aromatic heterocycles. The molecule has 0 aromatic carbocycles. The van der Waals surface area contributed by atoms with Gasteiger partial charge in [-0.1, -0.05) is 30.8 Å². The van der Waals surface area contributed by atoms with Gasteiger partial charge in [-0.3, -0.25) is 4.79 Å². The number of rotatable bonds is 4. The van der Waals surface area contributed by atoms with Gasteiger partial charge < -0.3 is 20.0 Å². The molecule has 1 aliphatic rings. The highest BCUT2D eigenvalue weighted by Crippen LogP contribution is 2.25. The minimum atomic E-state index is -0.329. The van der Waals surface area contributed by atoms with E-state index >= 15 is 0 Å². The molecular weight excluding hydrogens is 284 g/mol. The normalized spacial score (nSPS) is 17.9. The molecule has 0 aliphatic heterocycles. The summed E-state index contributed by atoms with van der Waals surface area (Å²) in [6.45, 7) is 0.441. The fourth-order valence-corrected chi connectivity index (χ4v) is 2.87. The molecule has 1 amide bonds. The molecule has 0 bridgehead atoms. The maximum atomic E-state index is 12.3. The van der Waals surface area contributed by atoms with E-state index in [9.17, 15) is 4.79 Å². The maximum Gasteiger partial charge on any atom is 0.274 e. The number of nitrogens with one attached hydrogen (secondary N) is 1. The molecule has 3 N–H and O–H groups in total. The summed E-state index contributed by atoms with van der Waals surface area (Å²) in [5.41, 5.74) is 6.72. The summed E-state index contributed by atoms with van der Waals surface area (Å²) in [4.78, 5) is 16.3. The smallest absolute Gasteiger partial charge is 0.274 e. The van der Waals surface area contributed by atoms with E-state index < -0.39 is 0 Å². The molecule has 2 aromatic rings. The molecule has 1 saturated carbocycles. The average molecular weight is 304 g/mol. The van der Waals surface area contributed by atoms with Gasteiger partial charge in [0.15, 0.2) is 23.5 Å². The molecule has 7 nitrogen and oxygen atoms in total. The van der Waals surface area contributed by atoms with E-state index in [0.717, 1.165) is 25.7 Å². The fourth-order valence-electron chi connectivity index (χ4n) is 2.87. The van der Waals surface area contributed by atoms with Gasteiger partial charge in [-0.05, 0) is 12.8 Å². The summed E-state index contributed by atoms with van der Waals surface area (Å²) in [7, 11) is 0. The SMILES string of the molecule is NC1(CNC(=O)c2ncoc2-c2ccon2)CCCCCC1. The molecular formula is C15H20N4O3. The van der Waals surface area contributed by atoms with Crippen molar-refractivity contribution in [2.75, 3.05) is 6.54 Å². The Kier molecular flexibility index (Phi) is 4.24. The van der Waals surface area contributed by atoms with Gasteiger partial charge in [0.1, 0.15) is 6.26 Å². The highest BCUT2D eigenvalue weighted by molar-refractivity contribution is 5.97. The molecule has 0 spiro atoms. The van der Waals surface area contributed by atoms with Gasteiger partial charge in [0, 0.05) is 18.2 Å². The first kappa shape index (κ1) is 14.8. The van der Waals surface area contributed by atoms with Crippen molar-refractivity contribution in [2.24, 2.45) is 5.73 Å². The Morgan fingerprint density at radius 3 is 2.77 bits per heavy atom. The van der Waals surface area contributed by atoms with Crippen LogP contribution in [0.15, 0.2) is 27.7 Å². The molecule has 0 unspecified atom stereocenters. The monoisotopic (exact) mass is 304 g/mol. The van der Waals surface area contributed by atoms with E-state index in [1.807, 2.05) is 0 Å². The van der Waals surface area contributed by atoms with Crippen LogP contribution >= 0.6 is 0 Å². The van der Waals surface area contributed by atoms with Crippen LogP contribution in [0.1, 0.15) is 49.0 Å². The average Bonchev–Trinajstić information content (AvgIpc) is 3.15. The lowest BCUT2D eigenvalue weighted by atomic mass is 9.91. The van der Waals surface area contributed by atoms with Gasteiger partial charge in [-0.2, -0.15) is 0 Å². The maximum absolute atomic E-state index is 12.3. The number of oxazole rings is 1. The van der Waals surface area contributed by atoms with Crippen molar-refractivity contribution in [2.45, 2.75) is 44.1 Å². The van der Waals surface area contributed by atoms with Gasteiger partial charge in [-0.15, -0.1) is 0 Å². The molecule has 0 radical (unpaired) electrons. The highest BCUT2D eigenvalue weighted by atomic mass is 16.5. The van der Waals surface area contributed by atoms with Gasteiger partial charge in [0.05, 0.1) is 0 Å². The minimum Gasteiger partial charge on any atom is -0.441 e. The fraction of sp³-hybridized carbons (Fsp3) is 0.533. The third-order valence-electron chi connectivity index (χ3n) is 4.15. The Morgan fingerprint density at radius 1 is 1.32 bits per heavy atom. The van der Waals surface area contributed by atoms with E-state index in [2.05, 4.69) is 15.5 Å². The van der Waals surface area contributed by atoms with E-state index in [0.29, 0.717) is 18.0 Å². The van der Waals surface area contributed by atoms with Crippen LogP contribution in [0.25, 0.3) is 11.5 Å². The van der Waals surface area contributed by atoms with Gasteiger partial charge in [0.25, 0.3) is 5.91 Å². The molecule has 118 valence electrons. The van der Waals surface area contributed by atoms with Gasteiger partial charge >= 0.3 is 0 Å². The molecule has 7 heteroatoms. The minimum absolute atomic E-state index is 0.200. The van der Waals surface area contributed by atoms with Crippen LogP contribution in [0.4, 0.5) is 0 Å². The zero-order valence-electron chi connectivity index (χ0n) is 12.4. The van der Waals surface area contributed by atoms with Crippen LogP contribution in [0, 0.1) is 0 Å². The lowest BCUT2D eigenvalue weighted by Crippen LogP contribution is -2.49. The number of nitrogens with zero attached hydrogens (tertiary/aromatic N) is 2. The van der Waals surface area contributed by atoms with Gasteiger partial charge in [-0.25, -0.2) is 4.98 Å². The third-order valence-corrected chi connectivity index (χ3v) is 4.15. The van der Waals surface area contributed by atoms with Crippen molar-refractivity contribution < 1.29 is 13.7 Å². The van der Waals surface area contributed by atoms with Crippen molar-refractivity contribution in [3.63, 3.8) is 0 Å². The summed E-state index contributed by atoms with van der Waals surface area (Å²) in [6, 6.07) is 1.62. The second-order valence-corrected chi connectivity index (χ2v) is 5.87. The number of hydrogen-bond acceptors (Lipinski definition) is 6. The predicted octanol–water partition coefficient (Wildman–Crippen LogP) is 2.11. The second-order valence-electron chi connectivity index (χ2n) is 5.87. The van der Waals surface area contributed by atoms with E-state index in [-0.39, 0.29) is 17.1 Å². The van der Waals surface area contributed by atoms with Crippen molar-refractivity contribution in [1.82, 2.24) is 15.5 Å². The van der Waals surface area contributed by atoms with Gasteiger partial charge in [0.2, 0.25) is 0 Å². The number of hydrogen-bond donors (Lipinski definition) is 2. The molecule has 0 atom stereocenters. The number of amides is 1. The number of aromatic nitrogens is 2. The van der Waals surface area contributed by atoms with Crippen molar-refractivity contribution in [3.8, 4) is 11.5 Å². The van der Waals surface area contributed by atoms with Crippen LogP contribution < -0.4 is 11.1 Å². The summed E-state index contributed by atoms with van der Waals surface area (Å²) in [5, 5.41) is 6.64. The summed E-state index contributed by atoms with van der Waals surface area (Å²) < 4.78 is 10.0. The highest BCUT2D eigenvalue weighted by Gasteiger charge is 2.28. The lowest BCUT2D eigenvalue weighted by molar-refractivity contribution is 0.0937. The van der Waals surface area contributed by atoms with Crippen molar-refractivity contribution in [1.29, 1.82) is 0 Å². The zero-order valence-corrected chi connectivity index (χ0v) is 12.4. The Morgan fingerprint density at radius 2 is 2.09 bits per heavy atom. The molecule has 3 rings (SSSR count). The Hall–Kier alpha value is -2.15. The topological polar surface area (TPSA) is 107 Å². The molecule has 1 fully saturated rings. The van der Waals surface area contributed by atoms with Crippen LogP contribution in [0.2, 0.25) is 0 Å². The third kappa shape index (κ3) is 3.19. The Labute approximate surface area is 128 Å². The first-order valence-corrected chi connectivity index (χ1v) is 7.59. The molecule has 0 saturated heterocycles. The van der Waals surface area contributed by atoms with Crippen molar-refractivity contribution >= 4 is 5.91 Å². The molecule has 22 heavy (non-hydrogen) atoms. The van der Waals surface area contributed by atoms with E-state index in [4.69, 9.17) is 14.7 Å². The quantitative estimate of drug-likeness (QED) is 0.838. The van der Waals surface area contributed by atoms with Crippen molar-refractivity contribution in [3.05, 3.63) is 24.4 Å². The first-order valence-electron chi connectivity index (χ1n) is 7.59. The lowest BCUT2D eigenvalue weighted by Gasteiger charge is -2.28. The number of carbonyl (C=O) groups excluding carboxylic acids is 1. The standard InChI is InChI=1S/C15H20N4O3/c16-15(6-3-1-2-4-7-15)9-17-14(20)12-13(21-10-18-12)11-5-8-22-19-11/h5,8,10H,1-4,6-7,9,16H2,(H,17,20). The molecule has 2 heterocycles. The van der Waals surface area contributed by atoms with Crippen LogP contribution in [-0.4, -0.2) is 28.1 Å². The zero-order chi connectivity index (χ0) is 15.4. The van der Waals surface area contributed by atoms with E-state index in [1.54, 1.807) is 6.07 Å². The van der Waals surface area contributed by atoms with Crippen LogP contribution in [0.3, 0.4) is 0 Å². The van der Waals surface area contributed by atoms with E-state index in [1.165, 1.54) is 25.5 Å². The Bertz CT molecular complexity index is 613. The summed E-state index contributed by atoms with van der Waals surface area (Å²) in [6.07, 6.45) is 9.16.